The Hall–Kier alpha value is -3.38. The third kappa shape index (κ3) is 3.82. The molecule has 0 fully saturated rings. The Kier molecular flexibility index (Phi) is 5.21. The van der Waals surface area contributed by atoms with Crippen LogP contribution in [0.3, 0.4) is 0 Å². The van der Waals surface area contributed by atoms with Gasteiger partial charge in [0, 0.05) is 0 Å². The van der Waals surface area contributed by atoms with E-state index in [4.69, 9.17) is 0 Å². The molecule has 0 aliphatic carbocycles. The fraction of sp³-hybridized carbons (Fsp3) is 0.0714. The van der Waals surface area contributed by atoms with Gasteiger partial charge in [0.05, 0.1) is 0 Å². The van der Waals surface area contributed by atoms with E-state index in [1.54, 1.807) is 0 Å². The summed E-state index contributed by atoms with van der Waals surface area (Å²) in [6.07, 6.45) is 0. The summed E-state index contributed by atoms with van der Waals surface area (Å²) in [5.41, 5.74) is 10.1. The molecule has 0 nitrogen and oxygen atoms in total. The Balaban J connectivity index is 1.80. The van der Waals surface area contributed by atoms with E-state index in [0.717, 1.165) is 0 Å². The van der Waals surface area contributed by atoms with Gasteiger partial charge in [0.1, 0.15) is 0 Å². The zero-order valence-electron chi connectivity index (χ0n) is 16.4. The second-order valence-corrected chi connectivity index (χ2v) is 7.18. The van der Waals surface area contributed by atoms with E-state index >= 15 is 0 Å². The largest absolute Gasteiger partial charge is 0.0622 e. The third-order valence-corrected chi connectivity index (χ3v) is 5.20. The van der Waals surface area contributed by atoms with Crippen LogP contribution < -0.4 is 0 Å². The van der Waals surface area contributed by atoms with Gasteiger partial charge in [0.2, 0.25) is 0 Å². The summed E-state index contributed by atoms with van der Waals surface area (Å²) in [5.74, 6) is 0. The van der Waals surface area contributed by atoms with Crippen LogP contribution in [-0.2, 0) is 0 Å². The Bertz CT molecular complexity index is 1070. The van der Waals surface area contributed by atoms with Gasteiger partial charge in [-0.3, -0.25) is 0 Å². The molecule has 0 saturated heterocycles. The van der Waals surface area contributed by atoms with Crippen LogP contribution in [0.5, 0.6) is 0 Å². The van der Waals surface area contributed by atoms with E-state index in [1.807, 2.05) is 0 Å². The van der Waals surface area contributed by atoms with E-state index in [1.165, 1.54) is 44.5 Å². The average Bonchev–Trinajstić information content (AvgIpc) is 2.76. The summed E-state index contributed by atoms with van der Waals surface area (Å²) in [7, 11) is 0. The molecule has 0 unspecified atom stereocenters. The average molecular weight is 360 g/mol. The Morgan fingerprint density at radius 1 is 0.464 bits per heavy atom. The quantitative estimate of drug-likeness (QED) is 0.328. The summed E-state index contributed by atoms with van der Waals surface area (Å²) < 4.78 is 0. The van der Waals surface area contributed by atoms with Gasteiger partial charge in [-0.15, -0.1) is 0 Å². The topological polar surface area (TPSA) is 0 Å². The molecule has 0 saturated carbocycles. The van der Waals surface area contributed by atoms with Gasteiger partial charge in [0.25, 0.3) is 0 Å². The predicted octanol–water partition coefficient (Wildman–Crippen LogP) is 7.64. The molecular formula is C28H24. The summed E-state index contributed by atoms with van der Waals surface area (Å²) in [6, 6.07) is 38.9. The molecule has 0 radical (unpaired) electrons. The minimum Gasteiger partial charge on any atom is -0.0622 e. The van der Waals surface area contributed by atoms with E-state index in [9.17, 15) is 0 Å². The van der Waals surface area contributed by atoms with Crippen LogP contribution in [0, 0.1) is 6.92 Å². The zero-order valence-corrected chi connectivity index (χ0v) is 16.4. The van der Waals surface area contributed by atoms with Gasteiger partial charge >= 0.3 is 0 Å². The first-order valence-corrected chi connectivity index (χ1v) is 9.71. The first kappa shape index (κ1) is 18.0. The highest BCUT2D eigenvalue weighted by Gasteiger charge is 2.11. The van der Waals surface area contributed by atoms with Crippen molar-refractivity contribution in [2.75, 3.05) is 0 Å². The van der Waals surface area contributed by atoms with Crippen molar-refractivity contribution >= 4 is 11.1 Å². The van der Waals surface area contributed by atoms with Crippen LogP contribution in [-0.4, -0.2) is 0 Å². The first-order valence-electron chi connectivity index (χ1n) is 9.71. The molecule has 0 N–H and O–H groups in total. The lowest BCUT2D eigenvalue weighted by Gasteiger charge is -2.15. The van der Waals surface area contributed by atoms with Crippen molar-refractivity contribution in [2.24, 2.45) is 0 Å². The van der Waals surface area contributed by atoms with Crippen molar-refractivity contribution in [3.8, 4) is 11.1 Å². The van der Waals surface area contributed by atoms with Gasteiger partial charge in [-0.25, -0.2) is 0 Å². The smallest absolute Gasteiger partial charge is 0.00762 e. The number of allylic oxidation sites excluding steroid dienone is 1. The SMILES string of the molecule is C/C(=C(/c1ccccc1)c1ccc(-c2ccc(C)cc2)cc1)c1ccccc1. The van der Waals surface area contributed by atoms with E-state index in [-0.39, 0.29) is 0 Å². The number of hydrogen-bond acceptors (Lipinski definition) is 0. The molecular weight excluding hydrogens is 336 g/mol. The van der Waals surface area contributed by atoms with Crippen molar-refractivity contribution in [3.63, 3.8) is 0 Å². The standard InChI is InChI=1S/C28H24/c1-21-13-15-24(16-14-21)25-17-19-27(20-18-25)28(26-11-7-4-8-12-26)22(2)23-9-5-3-6-10-23/h3-20H,1-2H3/b28-22+. The van der Waals surface area contributed by atoms with E-state index in [0.29, 0.717) is 0 Å². The molecule has 4 aromatic carbocycles. The van der Waals surface area contributed by atoms with Crippen molar-refractivity contribution in [1.29, 1.82) is 0 Å². The molecule has 0 heteroatoms. The van der Waals surface area contributed by atoms with Gasteiger partial charge in [0.15, 0.2) is 0 Å². The van der Waals surface area contributed by atoms with Crippen LogP contribution in [0.15, 0.2) is 109 Å². The molecule has 0 atom stereocenters. The maximum Gasteiger partial charge on any atom is -0.00762 e. The number of aryl methyl sites for hydroxylation is 1. The number of rotatable bonds is 4. The first-order chi connectivity index (χ1) is 13.7. The maximum absolute atomic E-state index is 2.24. The molecule has 0 aliphatic heterocycles. The molecule has 0 aliphatic rings. The number of hydrogen-bond donors (Lipinski definition) is 0. The minimum atomic E-state index is 1.24. The van der Waals surface area contributed by atoms with Gasteiger partial charge in [-0.05, 0) is 52.8 Å². The molecule has 0 bridgehead atoms. The fourth-order valence-electron chi connectivity index (χ4n) is 3.61. The molecule has 4 rings (SSSR count). The van der Waals surface area contributed by atoms with Crippen LogP contribution in [0.2, 0.25) is 0 Å². The molecule has 136 valence electrons. The van der Waals surface area contributed by atoms with Crippen LogP contribution in [0.4, 0.5) is 0 Å². The molecule has 0 amide bonds. The lowest BCUT2D eigenvalue weighted by molar-refractivity contribution is 1.46. The highest BCUT2D eigenvalue weighted by molar-refractivity contribution is 5.98. The highest BCUT2D eigenvalue weighted by atomic mass is 14.1. The van der Waals surface area contributed by atoms with Gasteiger partial charge in [-0.2, -0.15) is 0 Å². The Morgan fingerprint density at radius 2 is 0.893 bits per heavy atom. The minimum absolute atomic E-state index is 1.24. The van der Waals surface area contributed by atoms with Gasteiger partial charge < -0.3 is 0 Å². The van der Waals surface area contributed by atoms with Crippen molar-refractivity contribution in [1.82, 2.24) is 0 Å². The maximum atomic E-state index is 2.24. The second-order valence-electron chi connectivity index (χ2n) is 7.18. The van der Waals surface area contributed by atoms with Crippen LogP contribution in [0.25, 0.3) is 22.3 Å². The highest BCUT2D eigenvalue weighted by Crippen LogP contribution is 2.33. The Labute approximate surface area is 167 Å². The molecule has 28 heavy (non-hydrogen) atoms. The lowest BCUT2D eigenvalue weighted by Crippen LogP contribution is -1.93. The van der Waals surface area contributed by atoms with E-state index < -0.39 is 0 Å². The summed E-state index contributed by atoms with van der Waals surface area (Å²) in [4.78, 5) is 0. The number of benzene rings is 4. The van der Waals surface area contributed by atoms with Gasteiger partial charge in [-0.1, -0.05) is 115 Å². The van der Waals surface area contributed by atoms with Crippen LogP contribution in [0.1, 0.15) is 29.2 Å². The molecule has 0 heterocycles. The molecule has 0 aromatic heterocycles. The second kappa shape index (κ2) is 8.10. The normalized spacial score (nSPS) is 11.8. The molecule has 4 aromatic rings. The third-order valence-electron chi connectivity index (χ3n) is 5.20. The summed E-state index contributed by atoms with van der Waals surface area (Å²) >= 11 is 0. The van der Waals surface area contributed by atoms with Crippen molar-refractivity contribution < 1.29 is 0 Å². The fourth-order valence-corrected chi connectivity index (χ4v) is 3.61. The summed E-state index contributed by atoms with van der Waals surface area (Å²) in [5, 5.41) is 0. The summed E-state index contributed by atoms with van der Waals surface area (Å²) in [6.45, 7) is 4.34. The monoisotopic (exact) mass is 360 g/mol. The molecule has 0 spiro atoms. The van der Waals surface area contributed by atoms with Crippen molar-refractivity contribution in [3.05, 3.63) is 131 Å². The van der Waals surface area contributed by atoms with Crippen molar-refractivity contribution in [2.45, 2.75) is 13.8 Å². The van der Waals surface area contributed by atoms with Crippen LogP contribution >= 0.6 is 0 Å². The van der Waals surface area contributed by atoms with E-state index in [2.05, 4.69) is 123 Å². The predicted molar refractivity (Wildman–Crippen MR) is 121 cm³/mol. The lowest BCUT2D eigenvalue weighted by atomic mass is 9.89. The Morgan fingerprint density at radius 3 is 1.43 bits per heavy atom. The zero-order chi connectivity index (χ0) is 19.3.